The summed E-state index contributed by atoms with van der Waals surface area (Å²) in [5.41, 5.74) is 0.767. The fourth-order valence-electron chi connectivity index (χ4n) is 2.11. The van der Waals surface area contributed by atoms with Gasteiger partial charge in [0.25, 0.3) is 5.69 Å². The van der Waals surface area contributed by atoms with Crippen LogP contribution in [0.3, 0.4) is 0 Å². The zero-order valence-electron chi connectivity index (χ0n) is 10.7. The van der Waals surface area contributed by atoms with Crippen molar-refractivity contribution in [3.05, 3.63) is 39.9 Å². The lowest BCUT2D eigenvalue weighted by Crippen LogP contribution is -2.37. The van der Waals surface area contributed by atoms with Crippen LogP contribution in [0.25, 0.3) is 0 Å². The molecule has 1 heterocycles. The van der Waals surface area contributed by atoms with E-state index in [2.05, 4.69) is 4.90 Å². The summed E-state index contributed by atoms with van der Waals surface area (Å²) in [7, 11) is 0. The predicted molar refractivity (Wildman–Crippen MR) is 69.9 cm³/mol. The number of hydrogen-bond acceptors (Lipinski definition) is 5. The van der Waals surface area contributed by atoms with E-state index in [0.29, 0.717) is 6.42 Å². The van der Waals surface area contributed by atoms with Crippen LogP contribution in [0.2, 0.25) is 0 Å². The molecule has 0 aromatic heterocycles. The minimum atomic E-state index is -0.580. The maximum Gasteiger partial charge on any atom is 0.269 e. The number of aliphatic hydroxyl groups excluding tert-OH is 1. The molecule has 19 heavy (non-hydrogen) atoms. The predicted octanol–water partition coefficient (Wildman–Crippen LogP) is 1.35. The molecule has 6 nitrogen and oxygen atoms in total. The highest BCUT2D eigenvalue weighted by molar-refractivity contribution is 5.33. The Balaban J connectivity index is 1.84. The average Bonchev–Trinajstić information content (AvgIpc) is 2.46. The monoisotopic (exact) mass is 266 g/mol. The highest BCUT2D eigenvalue weighted by Gasteiger charge is 2.14. The van der Waals surface area contributed by atoms with Gasteiger partial charge in [-0.05, 0) is 24.1 Å². The number of benzene rings is 1. The van der Waals surface area contributed by atoms with Gasteiger partial charge in [-0.1, -0.05) is 0 Å². The second-order valence-corrected chi connectivity index (χ2v) is 4.61. The first-order valence-corrected chi connectivity index (χ1v) is 6.39. The molecule has 1 aromatic carbocycles. The third-order valence-electron chi connectivity index (χ3n) is 3.31. The van der Waals surface area contributed by atoms with E-state index in [1.807, 2.05) is 0 Å². The molecular formula is C13H18N2O4. The molecule has 6 heteroatoms. The quantitative estimate of drug-likeness (QED) is 0.643. The first-order valence-electron chi connectivity index (χ1n) is 6.39. The van der Waals surface area contributed by atoms with Gasteiger partial charge in [-0.15, -0.1) is 0 Å². The molecule has 1 aliphatic rings. The minimum Gasteiger partial charge on any atom is -0.388 e. The van der Waals surface area contributed by atoms with Gasteiger partial charge in [-0.3, -0.25) is 15.0 Å². The van der Waals surface area contributed by atoms with E-state index < -0.39 is 11.0 Å². The van der Waals surface area contributed by atoms with Gasteiger partial charge >= 0.3 is 0 Å². The Kier molecular flexibility index (Phi) is 4.84. The van der Waals surface area contributed by atoms with Crippen molar-refractivity contribution >= 4 is 5.69 Å². The Morgan fingerprint density at radius 3 is 2.53 bits per heavy atom. The standard InChI is InChI=1S/C13H18N2O4/c16-13(5-6-14-7-9-19-10-8-14)11-1-3-12(4-2-11)15(17)18/h1-4,13,16H,5-10H2. The number of aliphatic hydroxyl groups is 1. The molecule has 0 radical (unpaired) electrons. The van der Waals surface area contributed by atoms with Gasteiger partial charge in [0.1, 0.15) is 0 Å². The SMILES string of the molecule is O=[N+]([O-])c1ccc(C(O)CCN2CCOCC2)cc1. The summed E-state index contributed by atoms with van der Waals surface area (Å²) < 4.78 is 5.26. The third-order valence-corrected chi connectivity index (χ3v) is 3.31. The molecule has 1 atom stereocenters. The molecule has 1 fully saturated rings. The Labute approximate surface area is 111 Å². The largest absolute Gasteiger partial charge is 0.388 e. The number of rotatable bonds is 5. The topological polar surface area (TPSA) is 75.8 Å². The van der Waals surface area contributed by atoms with Gasteiger partial charge in [0.15, 0.2) is 0 Å². The molecule has 0 bridgehead atoms. The molecule has 0 amide bonds. The van der Waals surface area contributed by atoms with Crippen LogP contribution in [0.4, 0.5) is 5.69 Å². The van der Waals surface area contributed by atoms with Crippen LogP contribution in [0, 0.1) is 10.1 Å². The molecule has 1 saturated heterocycles. The Hall–Kier alpha value is -1.50. The van der Waals surface area contributed by atoms with Crippen molar-refractivity contribution in [1.82, 2.24) is 4.90 Å². The van der Waals surface area contributed by atoms with E-state index in [4.69, 9.17) is 4.74 Å². The Bertz CT molecular complexity index is 415. The second-order valence-electron chi connectivity index (χ2n) is 4.61. The van der Waals surface area contributed by atoms with E-state index in [1.165, 1.54) is 12.1 Å². The molecule has 104 valence electrons. The van der Waals surface area contributed by atoms with Crippen LogP contribution in [0.15, 0.2) is 24.3 Å². The van der Waals surface area contributed by atoms with E-state index >= 15 is 0 Å². The second kappa shape index (κ2) is 6.60. The molecule has 2 rings (SSSR count). The van der Waals surface area contributed by atoms with Crippen molar-refractivity contribution in [2.75, 3.05) is 32.8 Å². The van der Waals surface area contributed by atoms with Crippen LogP contribution in [0.5, 0.6) is 0 Å². The van der Waals surface area contributed by atoms with Gasteiger partial charge in [0.05, 0.1) is 24.2 Å². The molecule has 0 aliphatic carbocycles. The number of nitro benzene ring substituents is 1. The van der Waals surface area contributed by atoms with E-state index in [1.54, 1.807) is 12.1 Å². The lowest BCUT2D eigenvalue weighted by molar-refractivity contribution is -0.384. The summed E-state index contributed by atoms with van der Waals surface area (Å²) >= 11 is 0. The number of hydrogen-bond donors (Lipinski definition) is 1. The van der Waals surface area contributed by atoms with Gasteiger partial charge in [-0.25, -0.2) is 0 Å². The summed E-state index contributed by atoms with van der Waals surface area (Å²) in [5, 5.41) is 20.6. The van der Waals surface area contributed by atoms with Crippen molar-refractivity contribution in [3.63, 3.8) is 0 Å². The molecule has 1 aliphatic heterocycles. The summed E-state index contributed by atoms with van der Waals surface area (Å²) in [5.74, 6) is 0. The van der Waals surface area contributed by atoms with Crippen molar-refractivity contribution in [2.24, 2.45) is 0 Å². The highest BCUT2D eigenvalue weighted by Crippen LogP contribution is 2.20. The number of nitro groups is 1. The summed E-state index contributed by atoms with van der Waals surface area (Å²) in [6, 6.07) is 6.07. The first kappa shape index (κ1) is 13.9. The Morgan fingerprint density at radius 1 is 1.32 bits per heavy atom. The molecule has 1 N–H and O–H groups in total. The fourth-order valence-corrected chi connectivity index (χ4v) is 2.11. The smallest absolute Gasteiger partial charge is 0.269 e. The van der Waals surface area contributed by atoms with Crippen LogP contribution < -0.4 is 0 Å². The maximum atomic E-state index is 10.5. The Morgan fingerprint density at radius 2 is 1.95 bits per heavy atom. The van der Waals surface area contributed by atoms with Crippen LogP contribution >= 0.6 is 0 Å². The van der Waals surface area contributed by atoms with Crippen molar-refractivity contribution in [3.8, 4) is 0 Å². The molecular weight excluding hydrogens is 248 g/mol. The lowest BCUT2D eigenvalue weighted by atomic mass is 10.1. The maximum absolute atomic E-state index is 10.5. The number of nitrogens with zero attached hydrogens (tertiary/aromatic N) is 2. The molecule has 0 spiro atoms. The zero-order valence-corrected chi connectivity index (χ0v) is 10.7. The van der Waals surface area contributed by atoms with Crippen LogP contribution in [-0.2, 0) is 4.74 Å². The number of non-ortho nitro benzene ring substituents is 1. The molecule has 0 saturated carbocycles. The first-order chi connectivity index (χ1) is 9.16. The van der Waals surface area contributed by atoms with Crippen LogP contribution in [0.1, 0.15) is 18.1 Å². The number of morpholine rings is 1. The van der Waals surface area contributed by atoms with Crippen molar-refractivity contribution < 1.29 is 14.8 Å². The van der Waals surface area contributed by atoms with Crippen LogP contribution in [-0.4, -0.2) is 47.8 Å². The van der Waals surface area contributed by atoms with E-state index in [-0.39, 0.29) is 5.69 Å². The van der Waals surface area contributed by atoms with Crippen molar-refractivity contribution in [1.29, 1.82) is 0 Å². The zero-order chi connectivity index (χ0) is 13.7. The average molecular weight is 266 g/mol. The van der Waals surface area contributed by atoms with Gasteiger partial charge in [0, 0.05) is 31.8 Å². The third kappa shape index (κ3) is 3.99. The van der Waals surface area contributed by atoms with Gasteiger partial charge < -0.3 is 9.84 Å². The van der Waals surface area contributed by atoms with Gasteiger partial charge in [-0.2, -0.15) is 0 Å². The molecule has 1 aromatic rings. The fraction of sp³-hybridized carbons (Fsp3) is 0.538. The summed E-state index contributed by atoms with van der Waals surface area (Å²) in [6.07, 6.45) is 0.0429. The van der Waals surface area contributed by atoms with E-state index in [9.17, 15) is 15.2 Å². The van der Waals surface area contributed by atoms with E-state index in [0.717, 1.165) is 38.4 Å². The normalized spacial score (nSPS) is 18.2. The molecule has 1 unspecified atom stereocenters. The van der Waals surface area contributed by atoms with Gasteiger partial charge in [0.2, 0.25) is 0 Å². The number of ether oxygens (including phenoxy) is 1. The lowest BCUT2D eigenvalue weighted by Gasteiger charge is -2.27. The highest BCUT2D eigenvalue weighted by atomic mass is 16.6. The summed E-state index contributed by atoms with van der Waals surface area (Å²) in [6.45, 7) is 4.09. The minimum absolute atomic E-state index is 0.0455. The summed E-state index contributed by atoms with van der Waals surface area (Å²) in [4.78, 5) is 12.3. The van der Waals surface area contributed by atoms with Crippen molar-refractivity contribution in [2.45, 2.75) is 12.5 Å².